The predicted molar refractivity (Wildman–Crippen MR) is 83.2 cm³/mol. The first kappa shape index (κ1) is 14.1. The molecular weight excluding hydrogens is 244 g/mol. The fraction of sp³-hybridized carbons (Fsp3) is 0.158. The summed E-state index contributed by atoms with van der Waals surface area (Å²) in [7, 11) is 0. The van der Waals surface area contributed by atoms with Gasteiger partial charge in [-0.15, -0.1) is 0 Å². The van der Waals surface area contributed by atoms with Gasteiger partial charge in [0.25, 0.3) is 0 Å². The first-order valence-corrected chi connectivity index (χ1v) is 6.73. The van der Waals surface area contributed by atoms with Gasteiger partial charge in [0, 0.05) is 11.1 Å². The fourth-order valence-electron chi connectivity index (χ4n) is 1.88. The summed E-state index contributed by atoms with van der Waals surface area (Å²) in [6, 6.07) is 19.8. The van der Waals surface area contributed by atoms with Gasteiger partial charge in [-0.1, -0.05) is 67.0 Å². The Morgan fingerprint density at radius 2 is 1.60 bits per heavy atom. The van der Waals surface area contributed by atoms with E-state index >= 15 is 0 Å². The maximum absolute atomic E-state index is 10.1. The van der Waals surface area contributed by atoms with Crippen molar-refractivity contribution in [1.82, 2.24) is 0 Å². The molecule has 20 heavy (non-hydrogen) atoms. The Labute approximate surface area is 120 Å². The summed E-state index contributed by atoms with van der Waals surface area (Å²) >= 11 is 0. The van der Waals surface area contributed by atoms with E-state index in [0.29, 0.717) is 12.0 Å². The Balaban J connectivity index is 1.88. The summed E-state index contributed by atoms with van der Waals surface area (Å²) < 4.78 is 0. The number of aliphatic hydroxyl groups is 1. The molecular formula is C19H18O. The first-order valence-electron chi connectivity index (χ1n) is 6.73. The maximum atomic E-state index is 10.1. The number of aliphatic hydroxyl groups excluding tert-OH is 1. The molecule has 1 N–H and O–H groups in total. The highest BCUT2D eigenvalue weighted by atomic mass is 16.3. The normalized spacial score (nSPS) is 11.2. The van der Waals surface area contributed by atoms with Gasteiger partial charge in [0.05, 0.1) is 6.10 Å². The lowest BCUT2D eigenvalue weighted by Crippen LogP contribution is -2.09. The van der Waals surface area contributed by atoms with Crippen molar-refractivity contribution in [1.29, 1.82) is 0 Å². The molecule has 0 radical (unpaired) electrons. The van der Waals surface area contributed by atoms with Crippen molar-refractivity contribution < 1.29 is 5.11 Å². The van der Waals surface area contributed by atoms with E-state index in [1.54, 1.807) is 0 Å². The van der Waals surface area contributed by atoms with Gasteiger partial charge in [-0.3, -0.25) is 0 Å². The number of benzene rings is 2. The molecule has 0 spiro atoms. The van der Waals surface area contributed by atoms with E-state index < -0.39 is 6.10 Å². The van der Waals surface area contributed by atoms with Gasteiger partial charge in [0.1, 0.15) is 0 Å². The molecule has 0 aliphatic rings. The van der Waals surface area contributed by atoms with Gasteiger partial charge in [-0.25, -0.2) is 0 Å². The van der Waals surface area contributed by atoms with Crippen LogP contribution in [0, 0.1) is 11.8 Å². The van der Waals surface area contributed by atoms with Crippen LogP contribution >= 0.6 is 0 Å². The lowest BCUT2D eigenvalue weighted by molar-refractivity contribution is 0.206. The molecule has 1 nitrogen and oxygen atoms in total. The Morgan fingerprint density at radius 3 is 2.25 bits per heavy atom. The lowest BCUT2D eigenvalue weighted by atomic mass is 10.0. The van der Waals surface area contributed by atoms with Crippen molar-refractivity contribution in [2.45, 2.75) is 18.9 Å². The van der Waals surface area contributed by atoms with Crippen molar-refractivity contribution in [3.05, 3.63) is 83.9 Å². The van der Waals surface area contributed by atoms with Crippen molar-refractivity contribution >= 4 is 0 Å². The smallest absolute Gasteiger partial charge is 0.0865 e. The molecule has 0 fully saturated rings. The molecule has 2 rings (SSSR count). The SMILES string of the molecule is C=C(C#Cc1ccccc1)C(O)CCc1ccccc1. The second-order valence-corrected chi connectivity index (χ2v) is 4.68. The summed E-state index contributed by atoms with van der Waals surface area (Å²) in [4.78, 5) is 0. The molecule has 1 atom stereocenters. The number of aryl methyl sites for hydroxylation is 1. The molecule has 100 valence electrons. The molecule has 0 aromatic heterocycles. The molecule has 0 saturated heterocycles. The van der Waals surface area contributed by atoms with Crippen LogP contribution in [-0.4, -0.2) is 11.2 Å². The van der Waals surface area contributed by atoms with Crippen LogP contribution in [0.15, 0.2) is 72.8 Å². The van der Waals surface area contributed by atoms with Gasteiger partial charge in [0.15, 0.2) is 0 Å². The van der Waals surface area contributed by atoms with Crippen molar-refractivity contribution in [2.24, 2.45) is 0 Å². The highest BCUT2D eigenvalue weighted by Crippen LogP contribution is 2.09. The van der Waals surface area contributed by atoms with Gasteiger partial charge in [0.2, 0.25) is 0 Å². The zero-order valence-electron chi connectivity index (χ0n) is 11.4. The van der Waals surface area contributed by atoms with E-state index in [1.807, 2.05) is 48.5 Å². The molecule has 2 aromatic rings. The summed E-state index contributed by atoms with van der Waals surface area (Å²) in [5.41, 5.74) is 2.73. The molecule has 2 aromatic carbocycles. The summed E-state index contributed by atoms with van der Waals surface area (Å²) in [6.45, 7) is 3.86. The van der Waals surface area contributed by atoms with E-state index in [-0.39, 0.29) is 0 Å². The Morgan fingerprint density at radius 1 is 1.00 bits per heavy atom. The van der Waals surface area contributed by atoms with Gasteiger partial charge in [-0.05, 0) is 30.5 Å². The largest absolute Gasteiger partial charge is 0.388 e. The fourth-order valence-corrected chi connectivity index (χ4v) is 1.88. The summed E-state index contributed by atoms with van der Waals surface area (Å²) in [5, 5.41) is 10.1. The van der Waals surface area contributed by atoms with Crippen LogP contribution < -0.4 is 0 Å². The second kappa shape index (κ2) is 7.33. The molecule has 1 unspecified atom stereocenters. The highest BCUT2D eigenvalue weighted by Gasteiger charge is 2.06. The van der Waals surface area contributed by atoms with E-state index in [4.69, 9.17) is 0 Å². The Bertz CT molecular complexity index is 602. The van der Waals surface area contributed by atoms with Gasteiger partial charge < -0.3 is 5.11 Å². The quantitative estimate of drug-likeness (QED) is 0.835. The van der Waals surface area contributed by atoms with Crippen molar-refractivity contribution in [3.63, 3.8) is 0 Å². The third kappa shape index (κ3) is 4.42. The van der Waals surface area contributed by atoms with Gasteiger partial charge in [-0.2, -0.15) is 0 Å². The minimum atomic E-state index is -0.577. The average Bonchev–Trinajstić information content (AvgIpc) is 2.52. The van der Waals surface area contributed by atoms with Crippen molar-refractivity contribution in [3.8, 4) is 11.8 Å². The monoisotopic (exact) mass is 262 g/mol. The summed E-state index contributed by atoms with van der Waals surface area (Å²) in [6.07, 6.45) is 0.895. The summed E-state index contributed by atoms with van der Waals surface area (Å²) in [5.74, 6) is 5.95. The van der Waals surface area contributed by atoms with E-state index in [1.165, 1.54) is 5.56 Å². The van der Waals surface area contributed by atoms with Crippen LogP contribution in [-0.2, 0) is 6.42 Å². The number of rotatable bonds is 4. The molecule has 0 aliphatic carbocycles. The minimum absolute atomic E-state index is 0.574. The second-order valence-electron chi connectivity index (χ2n) is 4.68. The van der Waals surface area contributed by atoms with Gasteiger partial charge >= 0.3 is 0 Å². The zero-order chi connectivity index (χ0) is 14.2. The molecule has 0 heterocycles. The maximum Gasteiger partial charge on any atom is 0.0865 e. The van der Waals surface area contributed by atoms with Crippen LogP contribution in [0.5, 0.6) is 0 Å². The standard InChI is InChI=1S/C19H18O/c1-16(12-13-17-8-4-2-5-9-17)19(20)15-14-18-10-6-3-7-11-18/h2-11,19-20H,1,14-15H2. The average molecular weight is 262 g/mol. The minimum Gasteiger partial charge on any atom is -0.388 e. The number of hydrogen-bond acceptors (Lipinski definition) is 1. The third-order valence-corrected chi connectivity index (χ3v) is 3.09. The lowest BCUT2D eigenvalue weighted by Gasteiger charge is -2.08. The van der Waals surface area contributed by atoms with Crippen LogP contribution in [0.25, 0.3) is 0 Å². The van der Waals surface area contributed by atoms with Crippen LogP contribution in [0.2, 0.25) is 0 Å². The molecule has 0 saturated carbocycles. The molecule has 0 aliphatic heterocycles. The zero-order valence-corrected chi connectivity index (χ0v) is 11.4. The van der Waals surface area contributed by atoms with Crippen LogP contribution in [0.3, 0.4) is 0 Å². The Kier molecular flexibility index (Phi) is 5.17. The van der Waals surface area contributed by atoms with Crippen molar-refractivity contribution in [2.75, 3.05) is 0 Å². The first-order chi connectivity index (χ1) is 9.75. The van der Waals surface area contributed by atoms with Crippen LogP contribution in [0.1, 0.15) is 17.5 Å². The highest BCUT2D eigenvalue weighted by molar-refractivity contribution is 5.40. The van der Waals surface area contributed by atoms with E-state index in [9.17, 15) is 5.11 Å². The van der Waals surface area contributed by atoms with E-state index in [0.717, 1.165) is 12.0 Å². The number of hydrogen-bond donors (Lipinski definition) is 1. The molecule has 1 heteroatoms. The Hall–Kier alpha value is -2.30. The molecule has 0 bridgehead atoms. The van der Waals surface area contributed by atoms with Crippen LogP contribution in [0.4, 0.5) is 0 Å². The topological polar surface area (TPSA) is 20.2 Å². The third-order valence-electron chi connectivity index (χ3n) is 3.09. The molecule has 0 amide bonds. The van der Waals surface area contributed by atoms with E-state index in [2.05, 4.69) is 30.6 Å². The predicted octanol–water partition coefficient (Wildman–Crippen LogP) is 3.59.